The van der Waals surface area contributed by atoms with Crippen LogP contribution in [0.2, 0.25) is 0 Å². The Hall–Kier alpha value is -1.64. The highest BCUT2D eigenvalue weighted by Crippen LogP contribution is 2.57. The van der Waals surface area contributed by atoms with Gasteiger partial charge < -0.3 is 14.5 Å². The zero-order chi connectivity index (χ0) is 28.6. The van der Waals surface area contributed by atoms with Crippen molar-refractivity contribution in [2.24, 2.45) is 5.92 Å². The Morgan fingerprint density at radius 3 is 2.90 bits per heavy atom. The molecule has 1 saturated carbocycles. The maximum absolute atomic E-state index is 12.6. The molecule has 8 atom stereocenters. The van der Waals surface area contributed by atoms with Crippen LogP contribution in [0.3, 0.4) is 0 Å². The summed E-state index contributed by atoms with van der Waals surface area (Å²) in [7, 11) is 2.19. The third-order valence-electron chi connectivity index (χ3n) is 10.2. The van der Waals surface area contributed by atoms with Gasteiger partial charge in [-0.25, -0.2) is 0 Å². The van der Waals surface area contributed by atoms with E-state index >= 15 is 0 Å². The highest BCUT2D eigenvalue weighted by molar-refractivity contribution is 8.00. The van der Waals surface area contributed by atoms with E-state index in [0.717, 1.165) is 38.1 Å². The molecule has 7 unspecified atom stereocenters. The summed E-state index contributed by atoms with van der Waals surface area (Å²) in [5.41, 5.74) is 2.65. The topological polar surface area (TPSA) is 83.9 Å². The summed E-state index contributed by atoms with van der Waals surface area (Å²) in [4.78, 5) is 19.2. The van der Waals surface area contributed by atoms with Crippen LogP contribution in [0.5, 0.6) is 0 Å². The van der Waals surface area contributed by atoms with Crippen LogP contribution in [0, 0.1) is 17.2 Å². The number of alkyl halides is 1. The third-order valence-corrected chi connectivity index (χ3v) is 12.6. The number of ether oxygens (including phenoxy) is 1. The molecule has 4 fully saturated rings. The minimum Gasteiger partial charge on any atom is -0.348 e. The Morgan fingerprint density at radius 1 is 1.27 bits per heavy atom. The van der Waals surface area contributed by atoms with Gasteiger partial charge >= 0.3 is 0 Å². The molecule has 0 aromatic heterocycles. The monoisotopic (exact) mass is 598 g/mol. The van der Waals surface area contributed by atoms with E-state index in [-0.39, 0.29) is 40.6 Å². The summed E-state index contributed by atoms with van der Waals surface area (Å²) >= 11 is 9.36. The fourth-order valence-electron chi connectivity index (χ4n) is 7.86. The minimum absolute atomic E-state index is 0.0133. The van der Waals surface area contributed by atoms with Crippen molar-refractivity contribution in [3.8, 4) is 6.07 Å². The summed E-state index contributed by atoms with van der Waals surface area (Å²) in [6.07, 6.45) is 7.02. The fourth-order valence-corrected chi connectivity index (χ4v) is 10.00. The van der Waals surface area contributed by atoms with Gasteiger partial charge in [0.1, 0.15) is 0 Å². The highest BCUT2D eigenvalue weighted by atomic mass is 35.5. The molecule has 222 valence electrons. The first-order chi connectivity index (χ1) is 19.9. The first-order valence-corrected chi connectivity index (χ1v) is 16.6. The van der Waals surface area contributed by atoms with Crippen LogP contribution in [0.4, 0.5) is 0 Å². The molecule has 2 N–H and O–H groups in total. The quantitative estimate of drug-likeness (QED) is 0.379. The summed E-state index contributed by atoms with van der Waals surface area (Å²) in [6.45, 7) is 7.51. The maximum Gasteiger partial charge on any atom is 0.246 e. The van der Waals surface area contributed by atoms with Crippen molar-refractivity contribution in [2.45, 2.75) is 85.0 Å². The van der Waals surface area contributed by atoms with Gasteiger partial charge in [-0.1, -0.05) is 30.8 Å². The second-order valence-corrected chi connectivity index (χ2v) is 14.3. The largest absolute Gasteiger partial charge is 0.348 e. The van der Waals surface area contributed by atoms with Crippen LogP contribution < -0.4 is 10.6 Å². The van der Waals surface area contributed by atoms with Gasteiger partial charge in [0, 0.05) is 48.1 Å². The van der Waals surface area contributed by atoms with E-state index in [9.17, 15) is 10.1 Å². The number of fused-ring (bicyclic) bond motifs is 2. The van der Waals surface area contributed by atoms with Crippen molar-refractivity contribution in [1.29, 1.82) is 5.26 Å². The lowest BCUT2D eigenvalue weighted by atomic mass is 9.72. The smallest absolute Gasteiger partial charge is 0.246 e. The summed E-state index contributed by atoms with van der Waals surface area (Å²) in [5.74, 6) is 1.28. The van der Waals surface area contributed by atoms with Gasteiger partial charge in [0.25, 0.3) is 0 Å². The Kier molecular flexibility index (Phi) is 9.00. The van der Waals surface area contributed by atoms with Crippen molar-refractivity contribution in [3.05, 3.63) is 48.0 Å². The summed E-state index contributed by atoms with van der Waals surface area (Å²) < 4.78 is 6.54. The van der Waals surface area contributed by atoms with E-state index in [2.05, 4.69) is 64.4 Å². The van der Waals surface area contributed by atoms with Crippen molar-refractivity contribution in [3.63, 3.8) is 0 Å². The Morgan fingerprint density at radius 2 is 2.12 bits per heavy atom. The van der Waals surface area contributed by atoms with E-state index in [0.29, 0.717) is 38.1 Å². The Balaban J connectivity index is 1.22. The lowest BCUT2D eigenvalue weighted by Crippen LogP contribution is -2.73. The molecule has 1 spiro atoms. The molecule has 5 aliphatic rings. The molecule has 1 aliphatic carbocycles. The molecule has 6 rings (SSSR count). The first-order valence-electron chi connectivity index (χ1n) is 15.2. The fraction of sp³-hybridized carbons (Fsp3) is 0.677. The van der Waals surface area contributed by atoms with Gasteiger partial charge in [0.2, 0.25) is 5.91 Å². The number of halogens is 1. The average Bonchev–Trinajstić information content (AvgIpc) is 3.41. The van der Waals surface area contributed by atoms with Crippen molar-refractivity contribution in [2.75, 3.05) is 39.8 Å². The zero-order valence-electron chi connectivity index (χ0n) is 24.0. The number of nitriles is 1. The van der Waals surface area contributed by atoms with Gasteiger partial charge in [-0.3, -0.25) is 20.3 Å². The Bertz CT molecular complexity index is 1170. The lowest BCUT2D eigenvalue weighted by Gasteiger charge is -2.56. The van der Waals surface area contributed by atoms with Crippen LogP contribution in [0.25, 0.3) is 0 Å². The average molecular weight is 599 g/mol. The molecular formula is C31H43ClN6O2S. The van der Waals surface area contributed by atoms with E-state index in [1.807, 2.05) is 16.7 Å². The number of carbonyl (C=O) groups excluding carboxylic acids is 1. The van der Waals surface area contributed by atoms with E-state index in [1.165, 1.54) is 30.0 Å². The van der Waals surface area contributed by atoms with Crippen molar-refractivity contribution >= 4 is 29.3 Å². The predicted molar refractivity (Wildman–Crippen MR) is 163 cm³/mol. The first kappa shape index (κ1) is 29.4. The van der Waals surface area contributed by atoms with Crippen LogP contribution in [0.15, 0.2) is 36.9 Å². The number of nitrogens with zero attached hydrogens (tertiary/aromatic N) is 4. The van der Waals surface area contributed by atoms with Crippen molar-refractivity contribution in [1.82, 2.24) is 25.3 Å². The molecule has 1 aromatic carbocycles. The lowest BCUT2D eigenvalue weighted by molar-refractivity contribution is -0.135. The number of likely N-dealkylation sites (N-methyl/N-ethyl adjacent to an activating group) is 1. The molecule has 0 radical (unpaired) electrons. The molecule has 1 amide bonds. The van der Waals surface area contributed by atoms with Gasteiger partial charge in [-0.2, -0.15) is 5.26 Å². The predicted octanol–water partition coefficient (Wildman–Crippen LogP) is 3.65. The number of piperazine rings is 1. The normalized spacial score (nSPS) is 37.8. The second-order valence-electron chi connectivity index (χ2n) is 12.4. The molecule has 4 heterocycles. The molecular weight excluding hydrogens is 556 g/mol. The Labute approximate surface area is 253 Å². The standard InChI is InChI=1S/C31H43ClN6O2S/c1-3-27(39)38-16-15-37(18-22(38)11-13-33)29-25-10-12-31(28(32)24-9-5-4-7-21(24)20-41-31)17-26(25)34-30(35-29)40-19-23-8-6-14-36(23)2/h3-5,7,9,22-23,25-26,28-30,34-35H,1,6,8,10-12,14-20H2,2H3/t22?,23?,25?,26?,28?,29?,30?,31-/m1/s1. The van der Waals surface area contributed by atoms with Crippen LogP contribution in [0.1, 0.15) is 55.0 Å². The molecule has 10 heteroatoms. The summed E-state index contributed by atoms with van der Waals surface area (Å²) in [5, 5.41) is 17.2. The highest BCUT2D eigenvalue weighted by Gasteiger charge is 2.53. The van der Waals surface area contributed by atoms with Crippen LogP contribution in [-0.4, -0.2) is 95.8 Å². The number of amides is 1. The third kappa shape index (κ3) is 5.82. The molecule has 1 aromatic rings. The molecule has 4 aliphatic heterocycles. The number of benzene rings is 1. The maximum atomic E-state index is 12.6. The molecule has 3 saturated heterocycles. The molecule has 41 heavy (non-hydrogen) atoms. The number of hydrogen-bond acceptors (Lipinski definition) is 8. The number of thioether (sulfide) groups is 1. The van der Waals surface area contributed by atoms with Gasteiger partial charge in [-0.05, 0) is 62.9 Å². The number of rotatable bonds is 6. The van der Waals surface area contributed by atoms with Gasteiger partial charge in [-0.15, -0.1) is 23.4 Å². The van der Waals surface area contributed by atoms with Crippen LogP contribution >= 0.6 is 23.4 Å². The second kappa shape index (κ2) is 12.5. The van der Waals surface area contributed by atoms with E-state index < -0.39 is 0 Å². The SMILES string of the molecule is C=CC(=O)N1CCN(C2NC(OCC3CCCN3C)NC3C[C@@]4(CCC32)SCc2ccccc2C4Cl)CC1CC#N. The summed E-state index contributed by atoms with van der Waals surface area (Å²) in [6, 6.07) is 11.5. The van der Waals surface area contributed by atoms with E-state index in [1.54, 1.807) is 0 Å². The zero-order valence-corrected chi connectivity index (χ0v) is 25.6. The number of hydrogen-bond donors (Lipinski definition) is 2. The minimum atomic E-state index is -0.262. The van der Waals surface area contributed by atoms with Crippen LogP contribution in [-0.2, 0) is 15.3 Å². The number of likely N-dealkylation sites (tertiary alicyclic amines) is 1. The molecule has 8 nitrogen and oxygen atoms in total. The number of carbonyl (C=O) groups is 1. The van der Waals surface area contributed by atoms with Gasteiger partial charge in [0.05, 0.1) is 36.7 Å². The molecule has 0 bridgehead atoms. The van der Waals surface area contributed by atoms with Gasteiger partial charge in [0.15, 0.2) is 6.35 Å². The number of nitrogens with one attached hydrogen (secondary N) is 2. The van der Waals surface area contributed by atoms with Crippen molar-refractivity contribution < 1.29 is 9.53 Å². The van der Waals surface area contributed by atoms with E-state index in [4.69, 9.17) is 16.3 Å².